The minimum Gasteiger partial charge on any atom is -0.233 e. The van der Waals surface area contributed by atoms with Crippen molar-refractivity contribution in [1.82, 2.24) is 4.57 Å². The Labute approximate surface area is 190 Å². The number of nitrogens with zero attached hydrogens (tertiary/aromatic N) is 2. The first-order chi connectivity index (χ1) is 14.7. The van der Waals surface area contributed by atoms with Crippen LogP contribution in [-0.2, 0) is 13.1 Å². The lowest BCUT2D eigenvalue weighted by molar-refractivity contribution is -0.688. The average molecular weight is 418 g/mol. The molecular formula is C29H41N2+. The standard InChI is InChI=1S/C29H41N2/c1-20(2)24-11-9-12-25(21(3)4)28(24)17-30-15-16-31(19-30)18-29-26(22(5)6)13-10-14-27(29)23(7)8/h9-16,19-23H,17-18H2,1-8H3/q+1. The maximum Gasteiger partial charge on any atom is 0.244 e. The Morgan fingerprint density at radius 1 is 0.645 bits per heavy atom. The Morgan fingerprint density at radius 2 is 1.06 bits per heavy atom. The minimum absolute atomic E-state index is 0.530. The highest BCUT2D eigenvalue weighted by Crippen LogP contribution is 2.29. The Morgan fingerprint density at radius 3 is 1.48 bits per heavy atom. The highest BCUT2D eigenvalue weighted by atomic mass is 15.1. The van der Waals surface area contributed by atoms with Crippen molar-refractivity contribution in [2.75, 3.05) is 0 Å². The van der Waals surface area contributed by atoms with Crippen molar-refractivity contribution in [3.8, 4) is 0 Å². The molecule has 0 aliphatic heterocycles. The van der Waals surface area contributed by atoms with Gasteiger partial charge in [0, 0.05) is 11.1 Å². The summed E-state index contributed by atoms with van der Waals surface area (Å²) in [6.07, 6.45) is 6.74. The van der Waals surface area contributed by atoms with Crippen molar-refractivity contribution >= 4 is 0 Å². The van der Waals surface area contributed by atoms with Crippen molar-refractivity contribution in [2.45, 2.75) is 92.2 Å². The van der Waals surface area contributed by atoms with E-state index in [1.54, 1.807) is 0 Å². The molecule has 31 heavy (non-hydrogen) atoms. The Kier molecular flexibility index (Phi) is 7.41. The van der Waals surface area contributed by atoms with Gasteiger partial charge in [0.2, 0.25) is 6.33 Å². The van der Waals surface area contributed by atoms with Gasteiger partial charge in [-0.3, -0.25) is 0 Å². The zero-order chi connectivity index (χ0) is 22.7. The molecule has 0 atom stereocenters. The zero-order valence-corrected chi connectivity index (χ0v) is 20.8. The highest BCUT2D eigenvalue weighted by molar-refractivity contribution is 5.40. The van der Waals surface area contributed by atoms with Crippen LogP contribution < -0.4 is 4.57 Å². The second-order valence-corrected chi connectivity index (χ2v) is 10.2. The van der Waals surface area contributed by atoms with Gasteiger partial charge in [-0.25, -0.2) is 9.13 Å². The molecule has 0 amide bonds. The molecule has 0 saturated heterocycles. The summed E-state index contributed by atoms with van der Waals surface area (Å²) in [5, 5.41) is 0. The van der Waals surface area contributed by atoms with Crippen LogP contribution >= 0.6 is 0 Å². The zero-order valence-electron chi connectivity index (χ0n) is 20.8. The molecule has 3 aromatic rings. The lowest BCUT2D eigenvalue weighted by Gasteiger charge is -2.18. The largest absolute Gasteiger partial charge is 0.244 e. The summed E-state index contributed by atoms with van der Waals surface area (Å²) in [4.78, 5) is 0. The van der Waals surface area contributed by atoms with Crippen LogP contribution in [0, 0.1) is 0 Å². The molecule has 0 bridgehead atoms. The van der Waals surface area contributed by atoms with Crippen molar-refractivity contribution in [3.63, 3.8) is 0 Å². The van der Waals surface area contributed by atoms with Crippen LogP contribution in [0.4, 0.5) is 0 Å². The summed E-state index contributed by atoms with van der Waals surface area (Å²) in [5.41, 5.74) is 8.86. The van der Waals surface area contributed by atoms with E-state index in [0.29, 0.717) is 23.7 Å². The predicted molar refractivity (Wildman–Crippen MR) is 132 cm³/mol. The SMILES string of the molecule is CC(C)c1cccc(C(C)C)c1Cn1cc[n+](Cc2c(C(C)C)cccc2C(C)C)c1. The van der Waals surface area contributed by atoms with E-state index < -0.39 is 0 Å². The number of benzene rings is 2. The molecule has 0 N–H and O–H groups in total. The quantitative estimate of drug-likeness (QED) is 0.338. The van der Waals surface area contributed by atoms with E-state index in [1.165, 1.54) is 33.4 Å². The van der Waals surface area contributed by atoms with E-state index in [4.69, 9.17) is 0 Å². The summed E-state index contributed by atoms with van der Waals surface area (Å²) < 4.78 is 4.69. The maximum absolute atomic E-state index is 2.35. The fourth-order valence-corrected chi connectivity index (χ4v) is 4.77. The van der Waals surface area contributed by atoms with Crippen molar-refractivity contribution < 1.29 is 4.57 Å². The van der Waals surface area contributed by atoms with E-state index in [-0.39, 0.29) is 0 Å². The van der Waals surface area contributed by atoms with Gasteiger partial charge in [0.1, 0.15) is 25.5 Å². The van der Waals surface area contributed by atoms with Gasteiger partial charge in [-0.1, -0.05) is 91.8 Å². The van der Waals surface area contributed by atoms with Gasteiger partial charge in [0.05, 0.1) is 0 Å². The summed E-state index contributed by atoms with van der Waals surface area (Å²) in [5.74, 6) is 2.12. The molecule has 0 fully saturated rings. The summed E-state index contributed by atoms with van der Waals surface area (Å²) in [6.45, 7) is 20.3. The summed E-state index contributed by atoms with van der Waals surface area (Å²) in [6, 6.07) is 13.7. The molecule has 1 heterocycles. The van der Waals surface area contributed by atoms with Gasteiger partial charge in [0.25, 0.3) is 0 Å². The molecule has 2 aromatic carbocycles. The van der Waals surface area contributed by atoms with Gasteiger partial charge < -0.3 is 0 Å². The second-order valence-electron chi connectivity index (χ2n) is 10.2. The number of hydrogen-bond acceptors (Lipinski definition) is 0. The van der Waals surface area contributed by atoms with Crippen LogP contribution in [-0.4, -0.2) is 4.57 Å². The molecule has 0 aliphatic rings. The molecule has 0 radical (unpaired) electrons. The molecule has 0 spiro atoms. The Hall–Kier alpha value is -2.35. The van der Waals surface area contributed by atoms with Crippen LogP contribution in [0.5, 0.6) is 0 Å². The van der Waals surface area contributed by atoms with Crippen LogP contribution in [0.25, 0.3) is 0 Å². The van der Waals surface area contributed by atoms with E-state index in [2.05, 4.69) is 120 Å². The molecular weight excluding hydrogens is 376 g/mol. The maximum atomic E-state index is 2.35. The van der Waals surface area contributed by atoms with Crippen molar-refractivity contribution in [3.05, 3.63) is 88.5 Å². The third-order valence-corrected chi connectivity index (χ3v) is 6.41. The predicted octanol–water partition coefficient (Wildman–Crippen LogP) is 7.37. The van der Waals surface area contributed by atoms with Crippen LogP contribution in [0.3, 0.4) is 0 Å². The van der Waals surface area contributed by atoms with E-state index in [9.17, 15) is 0 Å². The molecule has 0 aliphatic carbocycles. The van der Waals surface area contributed by atoms with Crippen LogP contribution in [0.2, 0.25) is 0 Å². The number of rotatable bonds is 8. The number of imidazole rings is 1. The second kappa shape index (κ2) is 9.85. The summed E-state index contributed by atoms with van der Waals surface area (Å²) in [7, 11) is 0. The molecule has 3 rings (SSSR count). The molecule has 2 nitrogen and oxygen atoms in total. The smallest absolute Gasteiger partial charge is 0.233 e. The first-order valence-electron chi connectivity index (χ1n) is 12.0. The van der Waals surface area contributed by atoms with E-state index in [0.717, 1.165) is 13.1 Å². The molecule has 0 unspecified atom stereocenters. The third kappa shape index (κ3) is 5.29. The third-order valence-electron chi connectivity index (χ3n) is 6.41. The first-order valence-corrected chi connectivity index (χ1v) is 12.0. The average Bonchev–Trinajstić information content (AvgIpc) is 3.14. The van der Waals surface area contributed by atoms with Crippen molar-refractivity contribution in [1.29, 1.82) is 0 Å². The van der Waals surface area contributed by atoms with E-state index >= 15 is 0 Å². The molecule has 2 heteroatoms. The minimum atomic E-state index is 0.530. The number of aromatic nitrogens is 2. The lowest BCUT2D eigenvalue weighted by Crippen LogP contribution is -2.33. The molecule has 1 aromatic heterocycles. The van der Waals surface area contributed by atoms with Gasteiger partial charge in [-0.05, 0) is 45.9 Å². The highest BCUT2D eigenvalue weighted by Gasteiger charge is 2.19. The fourth-order valence-electron chi connectivity index (χ4n) is 4.77. The van der Waals surface area contributed by atoms with Crippen LogP contribution in [0.1, 0.15) is 112 Å². The normalized spacial score (nSPS) is 12.0. The Bertz CT molecular complexity index is 873. The molecule has 0 saturated carbocycles. The van der Waals surface area contributed by atoms with Gasteiger partial charge in [-0.15, -0.1) is 0 Å². The van der Waals surface area contributed by atoms with Crippen molar-refractivity contribution in [2.24, 2.45) is 0 Å². The van der Waals surface area contributed by atoms with Gasteiger partial charge >= 0.3 is 0 Å². The fraction of sp³-hybridized carbons (Fsp3) is 0.483. The molecule has 166 valence electrons. The topological polar surface area (TPSA) is 8.81 Å². The van der Waals surface area contributed by atoms with Gasteiger partial charge in [-0.2, -0.15) is 0 Å². The van der Waals surface area contributed by atoms with Crippen LogP contribution in [0.15, 0.2) is 55.1 Å². The summed E-state index contributed by atoms with van der Waals surface area (Å²) >= 11 is 0. The lowest BCUT2D eigenvalue weighted by atomic mass is 9.88. The number of hydrogen-bond donors (Lipinski definition) is 0. The van der Waals surface area contributed by atoms with Gasteiger partial charge in [0.15, 0.2) is 0 Å². The van der Waals surface area contributed by atoms with E-state index in [1.807, 2.05) is 0 Å². The monoisotopic (exact) mass is 417 g/mol. The Balaban J connectivity index is 1.93. The first kappa shape index (κ1) is 23.3.